The molecule has 0 fully saturated rings. The highest BCUT2D eigenvalue weighted by molar-refractivity contribution is 5.76. The van der Waals surface area contributed by atoms with Crippen LogP contribution in [0.4, 0.5) is 5.82 Å². The van der Waals surface area contributed by atoms with Gasteiger partial charge in [0.15, 0.2) is 18.6 Å². The molecule has 0 radical (unpaired) electrons. The van der Waals surface area contributed by atoms with E-state index in [9.17, 15) is 14.9 Å². The van der Waals surface area contributed by atoms with Crippen LogP contribution in [0.3, 0.4) is 0 Å². The normalized spacial score (nSPS) is 10.2. The number of amides is 1. The summed E-state index contributed by atoms with van der Waals surface area (Å²) in [7, 11) is 1.53. The number of nitrogens with two attached hydrogens (primary N) is 1. The molecule has 2 rings (SSSR count). The summed E-state index contributed by atoms with van der Waals surface area (Å²) in [6.07, 6.45) is 1.23. The van der Waals surface area contributed by atoms with Gasteiger partial charge in [0.1, 0.15) is 5.75 Å². The van der Waals surface area contributed by atoms with Crippen molar-refractivity contribution in [3.63, 3.8) is 0 Å². The van der Waals surface area contributed by atoms with Crippen LogP contribution in [-0.4, -0.2) is 27.5 Å². The fraction of sp³-hybridized carbons (Fsp3) is 0.167. The van der Waals surface area contributed by atoms with Gasteiger partial charge in [-0.3, -0.25) is 10.2 Å². The van der Waals surface area contributed by atoms with Crippen LogP contribution >= 0.6 is 0 Å². The van der Waals surface area contributed by atoms with Gasteiger partial charge in [0.25, 0.3) is 5.91 Å². The molecule has 0 aliphatic rings. The molecule has 1 aromatic carbocycles. The van der Waals surface area contributed by atoms with Gasteiger partial charge in [-0.1, -0.05) is 0 Å². The summed E-state index contributed by atoms with van der Waals surface area (Å²) in [5.41, 5.74) is 2.64. The number of aromatic nitrogens is 2. The summed E-state index contributed by atoms with van der Waals surface area (Å²) in [4.78, 5) is 25.9. The van der Waals surface area contributed by atoms with Crippen LogP contribution in [0.15, 0.2) is 30.6 Å². The molecule has 0 aliphatic carbocycles. The highest BCUT2D eigenvalue weighted by atomic mass is 16.6. The van der Waals surface area contributed by atoms with Crippen molar-refractivity contribution < 1.29 is 14.5 Å². The maximum Gasteiger partial charge on any atom is 0.351 e. The average Bonchev–Trinajstić information content (AvgIpc) is 2.91. The summed E-state index contributed by atoms with van der Waals surface area (Å²) in [6, 6.07) is 6.65. The highest BCUT2D eigenvalue weighted by Gasteiger charge is 2.24. The summed E-state index contributed by atoms with van der Waals surface area (Å²) in [6.45, 7) is -0.282. The van der Waals surface area contributed by atoms with Gasteiger partial charge in [-0.25, -0.2) is 15.4 Å². The van der Waals surface area contributed by atoms with E-state index in [1.165, 1.54) is 13.4 Å². The minimum absolute atomic E-state index is 0.174. The van der Waals surface area contributed by atoms with Gasteiger partial charge in [-0.15, -0.1) is 0 Å². The molecule has 0 aliphatic heterocycles. The third kappa shape index (κ3) is 2.98. The predicted octanol–water partition coefficient (Wildman–Crippen LogP) is 0.457. The largest absolute Gasteiger partial charge is 0.497 e. The Labute approximate surface area is 119 Å². The molecule has 1 amide bonds. The number of carbonyl (C=O) groups is 1. The summed E-state index contributed by atoms with van der Waals surface area (Å²) in [5, 5.41) is 11.2. The molecule has 0 bridgehead atoms. The molecule has 3 N–H and O–H groups in total. The lowest BCUT2D eigenvalue weighted by atomic mass is 10.1. The van der Waals surface area contributed by atoms with Gasteiger partial charge in [0, 0.05) is 5.56 Å². The van der Waals surface area contributed by atoms with E-state index in [2.05, 4.69) is 4.98 Å². The van der Waals surface area contributed by atoms with Crippen molar-refractivity contribution in [2.45, 2.75) is 6.54 Å². The number of ether oxygens (including phenoxy) is 1. The molecule has 0 saturated heterocycles. The zero-order valence-corrected chi connectivity index (χ0v) is 11.1. The Hall–Kier alpha value is -2.94. The first-order valence-electron chi connectivity index (χ1n) is 5.90. The van der Waals surface area contributed by atoms with Crippen molar-refractivity contribution in [3.05, 3.63) is 40.7 Å². The highest BCUT2D eigenvalue weighted by Crippen LogP contribution is 2.29. The van der Waals surface area contributed by atoms with E-state index >= 15 is 0 Å². The Balaban J connectivity index is 2.43. The maximum absolute atomic E-state index is 11.3. The molecule has 0 atom stereocenters. The second-order valence-electron chi connectivity index (χ2n) is 4.10. The number of nitrogens with one attached hydrogen (secondary N) is 1. The minimum Gasteiger partial charge on any atom is -0.497 e. The second kappa shape index (κ2) is 6.01. The Morgan fingerprint density at radius 3 is 2.67 bits per heavy atom. The first-order chi connectivity index (χ1) is 10.1. The third-order valence-electron chi connectivity index (χ3n) is 2.82. The summed E-state index contributed by atoms with van der Waals surface area (Å²) < 4.78 is 6.16. The molecule has 21 heavy (non-hydrogen) atoms. The number of hydrazine groups is 1. The first kappa shape index (κ1) is 14.5. The maximum atomic E-state index is 11.3. The number of rotatable bonds is 5. The van der Waals surface area contributed by atoms with Crippen molar-refractivity contribution in [1.29, 1.82) is 0 Å². The molecular weight excluding hydrogens is 278 g/mol. The fourth-order valence-corrected chi connectivity index (χ4v) is 1.84. The van der Waals surface area contributed by atoms with E-state index in [4.69, 9.17) is 10.6 Å². The number of imidazole rings is 1. The molecule has 2 aromatic rings. The SMILES string of the molecule is COc1ccc(-c2ncn(CC(=O)NN)c2[N+](=O)[O-])cc1. The zero-order valence-electron chi connectivity index (χ0n) is 11.1. The summed E-state index contributed by atoms with van der Waals surface area (Å²) >= 11 is 0. The van der Waals surface area contributed by atoms with Gasteiger partial charge in [-0.05, 0) is 29.2 Å². The van der Waals surface area contributed by atoms with Gasteiger partial charge >= 0.3 is 5.82 Å². The van der Waals surface area contributed by atoms with E-state index in [1.54, 1.807) is 24.3 Å². The second-order valence-corrected chi connectivity index (χ2v) is 4.10. The Bertz CT molecular complexity index is 665. The molecule has 0 unspecified atom stereocenters. The summed E-state index contributed by atoms with van der Waals surface area (Å²) in [5.74, 6) is 4.77. The number of nitrogens with zero attached hydrogens (tertiary/aromatic N) is 3. The number of hydrogen-bond donors (Lipinski definition) is 2. The van der Waals surface area contributed by atoms with Crippen molar-refractivity contribution in [3.8, 4) is 17.0 Å². The molecular formula is C12H13N5O4. The standard InChI is InChI=1S/C12H13N5O4/c1-21-9-4-2-8(3-5-9)11-12(17(19)20)16(7-14-11)6-10(18)15-13/h2-5,7H,6,13H2,1H3,(H,15,18). The quantitative estimate of drug-likeness (QED) is 0.356. The molecule has 0 spiro atoms. The van der Waals surface area contributed by atoms with Crippen LogP contribution in [0, 0.1) is 10.1 Å². The lowest BCUT2D eigenvalue weighted by molar-refractivity contribution is -0.391. The van der Waals surface area contributed by atoms with Gasteiger partial charge in [0.2, 0.25) is 0 Å². The van der Waals surface area contributed by atoms with Crippen molar-refractivity contribution in [1.82, 2.24) is 15.0 Å². The van der Waals surface area contributed by atoms with Crippen molar-refractivity contribution in [2.24, 2.45) is 5.84 Å². The molecule has 0 saturated carbocycles. The van der Waals surface area contributed by atoms with Crippen LogP contribution in [0.5, 0.6) is 5.75 Å². The van der Waals surface area contributed by atoms with Crippen molar-refractivity contribution in [2.75, 3.05) is 7.11 Å². The van der Waals surface area contributed by atoms with Crippen LogP contribution < -0.4 is 16.0 Å². The molecule has 1 heterocycles. The first-order valence-corrected chi connectivity index (χ1v) is 5.90. The van der Waals surface area contributed by atoms with E-state index in [0.29, 0.717) is 11.3 Å². The number of carbonyl (C=O) groups excluding carboxylic acids is 1. The van der Waals surface area contributed by atoms with E-state index in [1.807, 2.05) is 5.43 Å². The monoisotopic (exact) mass is 291 g/mol. The minimum atomic E-state index is -0.587. The van der Waals surface area contributed by atoms with Gasteiger partial charge < -0.3 is 14.9 Å². The number of methoxy groups -OCH3 is 1. The smallest absolute Gasteiger partial charge is 0.351 e. The van der Waals surface area contributed by atoms with Crippen LogP contribution in [-0.2, 0) is 11.3 Å². The fourth-order valence-electron chi connectivity index (χ4n) is 1.84. The number of nitro groups is 1. The van der Waals surface area contributed by atoms with Crippen LogP contribution in [0.2, 0.25) is 0 Å². The topological polar surface area (TPSA) is 125 Å². The average molecular weight is 291 g/mol. The zero-order chi connectivity index (χ0) is 15.4. The van der Waals surface area contributed by atoms with Crippen LogP contribution in [0.25, 0.3) is 11.3 Å². The Morgan fingerprint density at radius 1 is 1.48 bits per heavy atom. The van der Waals surface area contributed by atoms with E-state index in [0.717, 1.165) is 4.57 Å². The number of hydrogen-bond acceptors (Lipinski definition) is 6. The van der Waals surface area contributed by atoms with Gasteiger partial charge in [0.05, 0.1) is 7.11 Å². The third-order valence-corrected chi connectivity index (χ3v) is 2.82. The lowest BCUT2D eigenvalue weighted by Gasteiger charge is -2.03. The Kier molecular flexibility index (Phi) is 4.14. The van der Waals surface area contributed by atoms with Gasteiger partial charge in [-0.2, -0.15) is 0 Å². The Morgan fingerprint density at radius 2 is 2.14 bits per heavy atom. The lowest BCUT2D eigenvalue weighted by Crippen LogP contribution is -2.33. The van der Waals surface area contributed by atoms with Crippen molar-refractivity contribution >= 4 is 11.7 Å². The molecule has 9 nitrogen and oxygen atoms in total. The van der Waals surface area contributed by atoms with Crippen LogP contribution in [0.1, 0.15) is 0 Å². The van der Waals surface area contributed by atoms with E-state index < -0.39 is 10.8 Å². The number of benzene rings is 1. The molecule has 9 heteroatoms. The predicted molar refractivity (Wildman–Crippen MR) is 73.2 cm³/mol. The molecule has 1 aromatic heterocycles. The van der Waals surface area contributed by atoms with E-state index in [-0.39, 0.29) is 18.1 Å². The molecule has 110 valence electrons.